The minimum absolute atomic E-state index is 0.153. The zero-order chi connectivity index (χ0) is 22.5. The Bertz CT molecular complexity index is 1060. The van der Waals surface area contributed by atoms with E-state index in [1.54, 1.807) is 37.3 Å². The highest BCUT2D eigenvalue weighted by Gasteiger charge is 2.23. The van der Waals surface area contributed by atoms with E-state index in [0.717, 1.165) is 44.0 Å². The molecule has 0 bridgehead atoms. The average Bonchev–Trinajstić information content (AvgIpc) is 3.27. The largest absolute Gasteiger partial charge is 0.497 e. The van der Waals surface area contributed by atoms with Crippen LogP contribution in [0.4, 0.5) is 5.13 Å². The fourth-order valence-electron chi connectivity index (χ4n) is 3.67. The molecule has 0 atom stereocenters. The molecule has 1 aromatic heterocycles. The first kappa shape index (κ1) is 22.8. The van der Waals surface area contributed by atoms with Gasteiger partial charge in [-0.05, 0) is 30.7 Å². The van der Waals surface area contributed by atoms with Crippen molar-refractivity contribution >= 4 is 44.2 Å². The molecule has 0 saturated carbocycles. The number of carbonyl (C=O) groups excluding carboxylic acids is 1. The molecule has 2 aromatic carbocycles. The second-order valence-electron chi connectivity index (χ2n) is 7.45. The van der Waals surface area contributed by atoms with E-state index < -0.39 is 0 Å². The van der Waals surface area contributed by atoms with Crippen molar-refractivity contribution in [2.24, 2.45) is 0 Å². The highest BCUT2D eigenvalue weighted by atomic mass is 35.5. The van der Waals surface area contributed by atoms with Gasteiger partial charge in [0, 0.05) is 37.8 Å². The number of rotatable bonds is 8. The number of anilines is 1. The molecular weight excluding hydrogens is 450 g/mol. The number of ether oxygens (including phenoxy) is 3. The van der Waals surface area contributed by atoms with E-state index in [1.807, 2.05) is 18.2 Å². The molecule has 1 amide bonds. The van der Waals surface area contributed by atoms with Crippen molar-refractivity contribution in [2.45, 2.75) is 6.42 Å². The van der Waals surface area contributed by atoms with E-state index >= 15 is 0 Å². The Labute approximate surface area is 196 Å². The van der Waals surface area contributed by atoms with Crippen LogP contribution in [0, 0.1) is 0 Å². The summed E-state index contributed by atoms with van der Waals surface area (Å²) in [7, 11) is 3.14. The van der Waals surface area contributed by atoms with Crippen LogP contribution < -0.4 is 14.4 Å². The Kier molecular flexibility index (Phi) is 7.47. The number of benzene rings is 2. The van der Waals surface area contributed by atoms with Crippen LogP contribution in [0.2, 0.25) is 5.02 Å². The maximum Gasteiger partial charge on any atom is 0.260 e. The lowest BCUT2D eigenvalue weighted by Gasteiger charge is -2.27. The van der Waals surface area contributed by atoms with Crippen LogP contribution in [0.3, 0.4) is 0 Å². The summed E-state index contributed by atoms with van der Waals surface area (Å²) in [6, 6.07) is 10.9. The molecule has 0 spiro atoms. The summed E-state index contributed by atoms with van der Waals surface area (Å²) in [5.41, 5.74) is 1.20. The van der Waals surface area contributed by atoms with Gasteiger partial charge in [-0.1, -0.05) is 29.0 Å². The van der Waals surface area contributed by atoms with Gasteiger partial charge in [0.15, 0.2) is 5.13 Å². The fraction of sp³-hybridized carbons (Fsp3) is 0.391. The van der Waals surface area contributed by atoms with Crippen LogP contribution in [-0.4, -0.2) is 69.4 Å². The van der Waals surface area contributed by atoms with Crippen LogP contribution in [-0.2, 0) is 4.74 Å². The fourth-order valence-corrected chi connectivity index (χ4v) is 4.96. The first-order valence-electron chi connectivity index (χ1n) is 10.5. The topological polar surface area (TPSA) is 64.1 Å². The van der Waals surface area contributed by atoms with Crippen molar-refractivity contribution in [2.75, 3.05) is 58.5 Å². The van der Waals surface area contributed by atoms with E-state index in [-0.39, 0.29) is 5.91 Å². The van der Waals surface area contributed by atoms with E-state index in [9.17, 15) is 4.79 Å². The van der Waals surface area contributed by atoms with Gasteiger partial charge in [-0.15, -0.1) is 0 Å². The predicted octanol–water partition coefficient (Wildman–Crippen LogP) is 4.34. The maximum atomic E-state index is 13.6. The molecule has 1 aliphatic heterocycles. The van der Waals surface area contributed by atoms with E-state index in [0.29, 0.717) is 39.3 Å². The lowest BCUT2D eigenvalue weighted by atomic mass is 10.1. The second kappa shape index (κ2) is 10.5. The SMILES string of the molecule is COc1cc(OC)cc(C(=O)N(CCCN2CCOCC2)c2nc3c(Cl)cccc3s2)c1. The van der Waals surface area contributed by atoms with Crippen LogP contribution in [0.15, 0.2) is 36.4 Å². The minimum Gasteiger partial charge on any atom is -0.497 e. The summed E-state index contributed by atoms with van der Waals surface area (Å²) < 4.78 is 17.1. The third-order valence-electron chi connectivity index (χ3n) is 5.39. The lowest BCUT2D eigenvalue weighted by Crippen LogP contribution is -2.39. The summed E-state index contributed by atoms with van der Waals surface area (Å²) in [4.78, 5) is 22.4. The second-order valence-corrected chi connectivity index (χ2v) is 8.87. The van der Waals surface area contributed by atoms with Crippen LogP contribution in [0.5, 0.6) is 11.5 Å². The molecule has 4 rings (SSSR count). The number of aromatic nitrogens is 1. The predicted molar refractivity (Wildman–Crippen MR) is 128 cm³/mol. The Morgan fingerprint density at radius 1 is 1.19 bits per heavy atom. The number of nitrogens with zero attached hydrogens (tertiary/aromatic N) is 3. The number of amides is 1. The molecular formula is C23H26ClN3O4S. The maximum absolute atomic E-state index is 13.6. The van der Waals surface area contributed by atoms with Crippen molar-refractivity contribution < 1.29 is 19.0 Å². The van der Waals surface area contributed by atoms with E-state index in [4.69, 9.17) is 30.8 Å². The zero-order valence-corrected chi connectivity index (χ0v) is 19.7. The Balaban J connectivity index is 1.63. The third kappa shape index (κ3) is 5.15. The third-order valence-corrected chi connectivity index (χ3v) is 6.74. The number of para-hydroxylation sites is 1. The Morgan fingerprint density at radius 2 is 1.91 bits per heavy atom. The number of morpholine rings is 1. The van der Waals surface area contributed by atoms with Gasteiger partial charge in [-0.2, -0.15) is 0 Å². The smallest absolute Gasteiger partial charge is 0.260 e. The van der Waals surface area contributed by atoms with Crippen molar-refractivity contribution in [3.8, 4) is 11.5 Å². The Morgan fingerprint density at radius 3 is 2.56 bits per heavy atom. The van der Waals surface area contributed by atoms with Gasteiger partial charge in [-0.3, -0.25) is 14.6 Å². The van der Waals surface area contributed by atoms with Gasteiger partial charge in [-0.25, -0.2) is 4.98 Å². The molecule has 32 heavy (non-hydrogen) atoms. The molecule has 0 unspecified atom stereocenters. The summed E-state index contributed by atoms with van der Waals surface area (Å²) in [6.45, 7) is 4.76. The normalized spacial score (nSPS) is 14.5. The molecule has 1 saturated heterocycles. The van der Waals surface area contributed by atoms with Crippen molar-refractivity contribution in [3.63, 3.8) is 0 Å². The van der Waals surface area contributed by atoms with Crippen LogP contribution >= 0.6 is 22.9 Å². The van der Waals surface area contributed by atoms with Gasteiger partial charge in [0.25, 0.3) is 5.91 Å². The number of methoxy groups -OCH3 is 2. The van der Waals surface area contributed by atoms with Crippen molar-refractivity contribution in [1.82, 2.24) is 9.88 Å². The Hall–Kier alpha value is -2.39. The van der Waals surface area contributed by atoms with Gasteiger partial charge in [0.05, 0.1) is 37.2 Å². The number of hydrogen-bond acceptors (Lipinski definition) is 7. The van der Waals surface area contributed by atoms with Crippen LogP contribution in [0.25, 0.3) is 10.2 Å². The zero-order valence-electron chi connectivity index (χ0n) is 18.2. The number of carbonyl (C=O) groups is 1. The molecule has 170 valence electrons. The summed E-state index contributed by atoms with van der Waals surface area (Å²) in [5, 5.41) is 1.20. The number of halogens is 1. The van der Waals surface area contributed by atoms with Crippen LogP contribution in [0.1, 0.15) is 16.8 Å². The molecule has 1 aliphatic rings. The molecule has 0 aliphatic carbocycles. The first-order chi connectivity index (χ1) is 15.6. The van der Waals surface area contributed by atoms with Crippen molar-refractivity contribution in [3.05, 3.63) is 47.0 Å². The molecule has 0 N–H and O–H groups in total. The van der Waals surface area contributed by atoms with Crippen molar-refractivity contribution in [1.29, 1.82) is 0 Å². The average molecular weight is 476 g/mol. The molecule has 1 fully saturated rings. The number of thiazole rings is 1. The molecule has 9 heteroatoms. The highest BCUT2D eigenvalue weighted by Crippen LogP contribution is 2.34. The summed E-state index contributed by atoms with van der Waals surface area (Å²) in [5.74, 6) is 0.973. The monoisotopic (exact) mass is 475 g/mol. The highest BCUT2D eigenvalue weighted by molar-refractivity contribution is 7.22. The minimum atomic E-state index is -0.153. The van der Waals surface area contributed by atoms with Gasteiger partial charge >= 0.3 is 0 Å². The number of fused-ring (bicyclic) bond motifs is 1. The van der Waals surface area contributed by atoms with Gasteiger partial charge in [0.2, 0.25) is 0 Å². The summed E-state index contributed by atoms with van der Waals surface area (Å²) >= 11 is 7.81. The summed E-state index contributed by atoms with van der Waals surface area (Å²) in [6.07, 6.45) is 0.816. The standard InChI is InChI=1S/C23H26ClN3O4S/c1-29-17-13-16(14-18(15-17)30-2)22(28)27(8-4-7-26-9-11-31-12-10-26)23-25-21-19(24)5-3-6-20(21)32-23/h3,5-6,13-15H,4,7-12H2,1-2H3. The molecule has 2 heterocycles. The lowest BCUT2D eigenvalue weighted by molar-refractivity contribution is 0.0376. The number of hydrogen-bond donors (Lipinski definition) is 0. The first-order valence-corrected chi connectivity index (χ1v) is 11.7. The molecule has 3 aromatic rings. The molecule has 7 nitrogen and oxygen atoms in total. The van der Waals surface area contributed by atoms with Gasteiger partial charge < -0.3 is 14.2 Å². The van der Waals surface area contributed by atoms with E-state index in [2.05, 4.69) is 4.90 Å². The van der Waals surface area contributed by atoms with Gasteiger partial charge in [0.1, 0.15) is 17.0 Å². The molecule has 0 radical (unpaired) electrons. The van der Waals surface area contributed by atoms with E-state index in [1.165, 1.54) is 11.3 Å². The quantitative estimate of drug-likeness (QED) is 0.483.